The lowest BCUT2D eigenvalue weighted by molar-refractivity contribution is 0.0351. The second-order valence-electron chi connectivity index (χ2n) is 10.3. The Morgan fingerprint density at radius 1 is 1.27 bits per heavy atom. The quantitative estimate of drug-likeness (QED) is 0.608. The third-order valence-electron chi connectivity index (χ3n) is 7.44. The highest BCUT2D eigenvalue weighted by Gasteiger charge is 2.35. The molecule has 0 saturated heterocycles. The number of ether oxygens (including phenoxy) is 1. The Balaban J connectivity index is 1.61. The Morgan fingerprint density at radius 2 is 2.00 bits per heavy atom. The van der Waals surface area contributed by atoms with Crippen molar-refractivity contribution >= 4 is 11.9 Å². The van der Waals surface area contributed by atoms with Gasteiger partial charge in [0.15, 0.2) is 0 Å². The maximum atomic E-state index is 14.5. The summed E-state index contributed by atoms with van der Waals surface area (Å²) in [6.07, 6.45) is 6.49. The zero-order valence-electron chi connectivity index (χ0n) is 21.8. The molecular formula is C28H37FN4O4. The molecule has 8 nitrogen and oxygen atoms in total. The maximum Gasteiger partial charge on any atom is 0.317 e. The van der Waals surface area contributed by atoms with Crippen LogP contribution in [0.25, 0.3) is 11.1 Å². The summed E-state index contributed by atoms with van der Waals surface area (Å²) in [5.74, 6) is -0.765. The molecule has 2 aliphatic rings. The molecule has 0 spiro atoms. The summed E-state index contributed by atoms with van der Waals surface area (Å²) in [5, 5.41) is 13.0. The Labute approximate surface area is 217 Å². The van der Waals surface area contributed by atoms with Gasteiger partial charge in [0.05, 0.1) is 19.2 Å². The van der Waals surface area contributed by atoms with E-state index in [-0.39, 0.29) is 41.9 Å². The van der Waals surface area contributed by atoms with Gasteiger partial charge in [-0.1, -0.05) is 44.4 Å². The molecule has 0 bridgehead atoms. The average Bonchev–Trinajstić information content (AvgIpc) is 2.90. The van der Waals surface area contributed by atoms with E-state index in [1.165, 1.54) is 18.7 Å². The summed E-state index contributed by atoms with van der Waals surface area (Å²) in [5.41, 5.74) is 0.991. The van der Waals surface area contributed by atoms with Gasteiger partial charge in [0.25, 0.3) is 5.91 Å². The number of nitrogens with one attached hydrogen (secondary N) is 1. The van der Waals surface area contributed by atoms with Gasteiger partial charge in [-0.3, -0.25) is 4.79 Å². The molecule has 0 radical (unpaired) electrons. The first-order chi connectivity index (χ1) is 17.8. The monoisotopic (exact) mass is 512 g/mol. The van der Waals surface area contributed by atoms with E-state index >= 15 is 0 Å². The van der Waals surface area contributed by atoms with Gasteiger partial charge in [-0.25, -0.2) is 14.2 Å². The third-order valence-corrected chi connectivity index (χ3v) is 7.44. The van der Waals surface area contributed by atoms with Gasteiger partial charge >= 0.3 is 6.03 Å². The van der Waals surface area contributed by atoms with Gasteiger partial charge in [-0.05, 0) is 31.9 Å². The molecular weight excluding hydrogens is 475 g/mol. The molecule has 1 fully saturated rings. The SMILES string of the molecule is C[C@H]1CN([C@@H](C)CO)C(=O)c2cc(-c3ccccc3F)cnc2O[C@@H]1CN(C)C(=O)NC1CCCCC1. The smallest absolute Gasteiger partial charge is 0.317 e. The molecule has 1 saturated carbocycles. The van der Waals surface area contributed by atoms with Crippen molar-refractivity contribution < 1.29 is 23.8 Å². The summed E-state index contributed by atoms with van der Waals surface area (Å²) in [4.78, 5) is 34.1. The first-order valence-corrected chi connectivity index (χ1v) is 13.1. The van der Waals surface area contributed by atoms with Gasteiger partial charge in [0.2, 0.25) is 5.88 Å². The Morgan fingerprint density at radius 3 is 2.70 bits per heavy atom. The van der Waals surface area contributed by atoms with Crippen molar-refractivity contribution in [2.24, 2.45) is 5.92 Å². The molecule has 9 heteroatoms. The normalized spacial score (nSPS) is 21.3. The van der Waals surface area contributed by atoms with Crippen molar-refractivity contribution in [3.63, 3.8) is 0 Å². The molecule has 1 aliphatic heterocycles. The fourth-order valence-corrected chi connectivity index (χ4v) is 5.05. The molecule has 2 N–H and O–H groups in total. The Hall–Kier alpha value is -3.20. The minimum Gasteiger partial charge on any atom is -0.472 e. The van der Waals surface area contributed by atoms with Crippen LogP contribution in [0.1, 0.15) is 56.3 Å². The molecule has 3 atom stereocenters. The van der Waals surface area contributed by atoms with E-state index in [9.17, 15) is 19.1 Å². The number of pyridine rings is 1. The summed E-state index contributed by atoms with van der Waals surface area (Å²) >= 11 is 0. The van der Waals surface area contributed by atoms with Crippen molar-refractivity contribution in [3.05, 3.63) is 47.9 Å². The number of benzene rings is 1. The number of aromatic nitrogens is 1. The van der Waals surface area contributed by atoms with Gasteiger partial charge in [0.1, 0.15) is 17.5 Å². The number of nitrogens with zero attached hydrogens (tertiary/aromatic N) is 3. The van der Waals surface area contributed by atoms with Crippen LogP contribution in [0.5, 0.6) is 5.88 Å². The van der Waals surface area contributed by atoms with E-state index in [2.05, 4.69) is 10.3 Å². The van der Waals surface area contributed by atoms with Crippen LogP contribution in [0.4, 0.5) is 9.18 Å². The number of hydrogen-bond donors (Lipinski definition) is 2. The first-order valence-electron chi connectivity index (χ1n) is 13.1. The second kappa shape index (κ2) is 11.9. The molecule has 1 aromatic carbocycles. The Bertz CT molecular complexity index is 1110. The predicted octanol–water partition coefficient (Wildman–Crippen LogP) is 4.08. The van der Waals surface area contributed by atoms with Crippen LogP contribution in [-0.4, -0.2) is 76.8 Å². The minimum absolute atomic E-state index is 0.137. The number of carbonyl (C=O) groups excluding carboxylic acids is 2. The number of amides is 3. The zero-order chi connectivity index (χ0) is 26.5. The van der Waals surface area contributed by atoms with Gasteiger partial charge in [-0.2, -0.15) is 0 Å². The molecule has 4 rings (SSSR count). The van der Waals surface area contributed by atoms with E-state index in [0.717, 1.165) is 25.7 Å². The topological polar surface area (TPSA) is 95.0 Å². The van der Waals surface area contributed by atoms with Crippen LogP contribution < -0.4 is 10.1 Å². The van der Waals surface area contributed by atoms with E-state index in [0.29, 0.717) is 24.2 Å². The number of fused-ring (bicyclic) bond motifs is 1. The highest BCUT2D eigenvalue weighted by molar-refractivity contribution is 5.98. The lowest BCUT2D eigenvalue weighted by Gasteiger charge is -2.38. The van der Waals surface area contributed by atoms with Crippen LogP contribution in [-0.2, 0) is 0 Å². The number of likely N-dealkylation sites (N-methyl/N-ethyl adjacent to an activating group) is 1. The first kappa shape index (κ1) is 26.9. The summed E-state index contributed by atoms with van der Waals surface area (Å²) in [6.45, 7) is 4.15. The van der Waals surface area contributed by atoms with Crippen LogP contribution in [0.15, 0.2) is 36.5 Å². The van der Waals surface area contributed by atoms with Gasteiger partial charge in [0, 0.05) is 42.9 Å². The van der Waals surface area contributed by atoms with Crippen LogP contribution in [0.3, 0.4) is 0 Å². The average molecular weight is 513 g/mol. The number of rotatable bonds is 6. The minimum atomic E-state index is -0.450. The van der Waals surface area contributed by atoms with Crippen molar-refractivity contribution in [1.82, 2.24) is 20.1 Å². The van der Waals surface area contributed by atoms with Gasteiger partial charge in [-0.15, -0.1) is 0 Å². The molecule has 200 valence electrons. The highest BCUT2D eigenvalue weighted by Crippen LogP contribution is 2.31. The molecule has 37 heavy (non-hydrogen) atoms. The molecule has 1 aromatic heterocycles. The summed E-state index contributed by atoms with van der Waals surface area (Å²) in [7, 11) is 1.74. The predicted molar refractivity (Wildman–Crippen MR) is 139 cm³/mol. The summed E-state index contributed by atoms with van der Waals surface area (Å²) in [6, 6.07) is 7.51. The number of urea groups is 1. The number of aliphatic hydroxyl groups excluding tert-OH is 1. The van der Waals surface area contributed by atoms with Crippen molar-refractivity contribution in [3.8, 4) is 17.0 Å². The van der Waals surface area contributed by atoms with Gasteiger partial charge < -0.3 is 25.0 Å². The third kappa shape index (κ3) is 6.21. The van der Waals surface area contributed by atoms with Crippen LogP contribution in [0, 0.1) is 11.7 Å². The largest absolute Gasteiger partial charge is 0.472 e. The van der Waals surface area contributed by atoms with Crippen molar-refractivity contribution in [2.75, 3.05) is 26.7 Å². The fourth-order valence-electron chi connectivity index (χ4n) is 5.05. The van der Waals surface area contributed by atoms with E-state index in [1.54, 1.807) is 48.0 Å². The molecule has 0 unspecified atom stereocenters. The number of halogens is 1. The highest BCUT2D eigenvalue weighted by atomic mass is 19.1. The molecule has 2 aromatic rings. The van der Waals surface area contributed by atoms with E-state index < -0.39 is 18.0 Å². The molecule has 2 heterocycles. The standard InChI is InChI=1S/C28H37FN4O4/c1-18-15-33(19(2)17-34)27(35)23-13-20(22-11-7-8-12-24(22)29)14-30-26(23)37-25(18)16-32(3)28(36)31-21-9-5-4-6-10-21/h7-8,11-14,18-19,21,25,34H,4-6,9-10,15-17H2,1-3H3,(H,31,36)/t18-,19-,25+/m0/s1. The van der Waals surface area contributed by atoms with Crippen LogP contribution in [0.2, 0.25) is 0 Å². The second-order valence-corrected chi connectivity index (χ2v) is 10.3. The number of aliphatic hydroxyl groups is 1. The Kier molecular flexibility index (Phi) is 8.63. The fraction of sp³-hybridized carbons (Fsp3) is 0.536. The lowest BCUT2D eigenvalue weighted by Crippen LogP contribution is -2.52. The molecule has 3 amide bonds. The van der Waals surface area contributed by atoms with E-state index in [4.69, 9.17) is 4.74 Å². The van der Waals surface area contributed by atoms with Crippen molar-refractivity contribution in [2.45, 2.75) is 64.1 Å². The zero-order valence-corrected chi connectivity index (χ0v) is 21.8. The maximum absolute atomic E-state index is 14.5. The van der Waals surface area contributed by atoms with E-state index in [1.807, 2.05) is 6.92 Å². The lowest BCUT2D eigenvalue weighted by atomic mass is 9.96. The van der Waals surface area contributed by atoms with Crippen LogP contribution >= 0.6 is 0 Å². The summed E-state index contributed by atoms with van der Waals surface area (Å²) < 4.78 is 20.8. The number of hydrogen-bond acceptors (Lipinski definition) is 5. The van der Waals surface area contributed by atoms with Crippen molar-refractivity contribution in [1.29, 1.82) is 0 Å². The molecule has 1 aliphatic carbocycles. The number of carbonyl (C=O) groups is 2.